The Morgan fingerprint density at radius 1 is 1.00 bits per heavy atom. The third-order valence-electron chi connectivity index (χ3n) is 2.87. The Kier molecular flexibility index (Phi) is 2.90. The number of benzene rings is 1. The van der Waals surface area contributed by atoms with Crippen LogP contribution >= 0.6 is 11.3 Å². The van der Waals surface area contributed by atoms with E-state index in [-0.39, 0.29) is 0 Å². The van der Waals surface area contributed by atoms with Crippen LogP contribution in [0.25, 0.3) is 16.3 Å². The average Bonchev–Trinajstić information content (AvgIpc) is 3.09. The first-order valence-corrected chi connectivity index (χ1v) is 6.63. The summed E-state index contributed by atoms with van der Waals surface area (Å²) in [7, 11) is 1.70. The summed E-state index contributed by atoms with van der Waals surface area (Å²) >= 11 is 1.74. The van der Waals surface area contributed by atoms with Gasteiger partial charge in [-0.15, -0.1) is 11.3 Å². The normalized spacial score (nSPS) is 10.5. The molecule has 90 valence electrons. The van der Waals surface area contributed by atoms with Gasteiger partial charge in [-0.2, -0.15) is 0 Å². The van der Waals surface area contributed by atoms with Gasteiger partial charge in [-0.1, -0.05) is 18.2 Å². The molecule has 3 aromatic rings. The van der Waals surface area contributed by atoms with Crippen LogP contribution < -0.4 is 4.74 Å². The maximum absolute atomic E-state index is 5.42. The summed E-state index contributed by atoms with van der Waals surface area (Å²) in [6, 6.07) is 16.4. The van der Waals surface area contributed by atoms with Crippen LogP contribution in [0.2, 0.25) is 0 Å². The Hall–Kier alpha value is -2.00. The zero-order valence-electron chi connectivity index (χ0n) is 10.0. The number of methoxy groups -OCH3 is 1. The van der Waals surface area contributed by atoms with E-state index in [2.05, 4.69) is 46.5 Å². The summed E-state index contributed by atoms with van der Waals surface area (Å²) in [5.74, 6) is 0.881. The molecule has 0 amide bonds. The highest BCUT2D eigenvalue weighted by molar-refractivity contribution is 7.13. The molecule has 0 spiro atoms. The molecule has 0 saturated carbocycles. The molecular weight excluding hydrogens is 242 g/mol. The van der Waals surface area contributed by atoms with Gasteiger partial charge >= 0.3 is 0 Å². The Balaban J connectivity index is 2.16. The standard InChI is InChI=1S/C15H13NOS/c1-17-14-8-3-2-6-12(14)16-10-4-7-13(16)15-9-5-11-18-15/h2-11H,1H3. The van der Waals surface area contributed by atoms with Gasteiger partial charge in [0.15, 0.2) is 0 Å². The van der Waals surface area contributed by atoms with Gasteiger partial charge in [0, 0.05) is 6.20 Å². The summed E-state index contributed by atoms with van der Waals surface area (Å²) in [5.41, 5.74) is 2.25. The predicted molar refractivity (Wildman–Crippen MR) is 75.6 cm³/mol. The molecule has 2 nitrogen and oxygen atoms in total. The van der Waals surface area contributed by atoms with E-state index in [1.165, 1.54) is 10.6 Å². The summed E-state index contributed by atoms with van der Waals surface area (Å²) < 4.78 is 7.58. The molecule has 0 aliphatic heterocycles. The van der Waals surface area contributed by atoms with Crippen molar-refractivity contribution in [3.05, 3.63) is 60.1 Å². The van der Waals surface area contributed by atoms with Crippen molar-refractivity contribution in [1.29, 1.82) is 0 Å². The van der Waals surface area contributed by atoms with E-state index in [4.69, 9.17) is 4.74 Å². The number of thiophene rings is 1. The van der Waals surface area contributed by atoms with Crippen molar-refractivity contribution in [2.75, 3.05) is 7.11 Å². The van der Waals surface area contributed by atoms with Gasteiger partial charge in [0.2, 0.25) is 0 Å². The van der Waals surface area contributed by atoms with Crippen LogP contribution in [0, 0.1) is 0 Å². The molecule has 18 heavy (non-hydrogen) atoms. The molecule has 2 aromatic heterocycles. The lowest BCUT2D eigenvalue weighted by atomic mass is 10.2. The number of ether oxygens (including phenoxy) is 1. The molecule has 0 radical (unpaired) electrons. The minimum atomic E-state index is 0.881. The molecule has 0 aliphatic carbocycles. The highest BCUT2D eigenvalue weighted by Gasteiger charge is 2.09. The van der Waals surface area contributed by atoms with E-state index < -0.39 is 0 Å². The second kappa shape index (κ2) is 4.70. The Labute approximate surface area is 110 Å². The van der Waals surface area contributed by atoms with Crippen molar-refractivity contribution in [3.8, 4) is 22.0 Å². The highest BCUT2D eigenvalue weighted by Crippen LogP contribution is 2.31. The molecule has 3 rings (SSSR count). The predicted octanol–water partition coefficient (Wildman–Crippen LogP) is 4.21. The lowest BCUT2D eigenvalue weighted by Crippen LogP contribution is -1.97. The quantitative estimate of drug-likeness (QED) is 0.683. The number of para-hydroxylation sites is 2. The van der Waals surface area contributed by atoms with Crippen molar-refractivity contribution in [2.45, 2.75) is 0 Å². The van der Waals surface area contributed by atoms with Crippen LogP contribution in [0.4, 0.5) is 0 Å². The number of nitrogens with zero attached hydrogens (tertiary/aromatic N) is 1. The van der Waals surface area contributed by atoms with Gasteiger partial charge < -0.3 is 9.30 Å². The maximum atomic E-state index is 5.42. The van der Waals surface area contributed by atoms with Gasteiger partial charge in [-0.05, 0) is 35.7 Å². The van der Waals surface area contributed by atoms with Gasteiger partial charge in [0.25, 0.3) is 0 Å². The number of aromatic nitrogens is 1. The highest BCUT2D eigenvalue weighted by atomic mass is 32.1. The number of rotatable bonds is 3. The van der Waals surface area contributed by atoms with Crippen LogP contribution in [-0.4, -0.2) is 11.7 Å². The van der Waals surface area contributed by atoms with Gasteiger partial charge in [-0.25, -0.2) is 0 Å². The zero-order chi connectivity index (χ0) is 12.4. The van der Waals surface area contributed by atoms with Crippen LogP contribution in [0.3, 0.4) is 0 Å². The molecule has 3 heteroatoms. The average molecular weight is 255 g/mol. The van der Waals surface area contributed by atoms with E-state index in [1.54, 1.807) is 18.4 Å². The molecule has 2 heterocycles. The summed E-state index contributed by atoms with van der Waals surface area (Å²) in [6.07, 6.45) is 2.06. The van der Waals surface area contributed by atoms with Crippen LogP contribution in [0.1, 0.15) is 0 Å². The summed E-state index contributed by atoms with van der Waals surface area (Å²) in [4.78, 5) is 1.26. The Bertz CT molecular complexity index is 640. The largest absolute Gasteiger partial charge is 0.495 e. The third kappa shape index (κ3) is 1.83. The second-order valence-electron chi connectivity index (χ2n) is 3.91. The molecule has 0 saturated heterocycles. The van der Waals surface area contributed by atoms with Crippen LogP contribution in [0.5, 0.6) is 5.75 Å². The molecule has 0 fully saturated rings. The van der Waals surface area contributed by atoms with E-state index in [0.717, 1.165) is 11.4 Å². The van der Waals surface area contributed by atoms with Crippen molar-refractivity contribution < 1.29 is 4.74 Å². The molecule has 1 aromatic carbocycles. The van der Waals surface area contributed by atoms with E-state index in [1.807, 2.05) is 18.2 Å². The Morgan fingerprint density at radius 2 is 1.89 bits per heavy atom. The molecule has 0 bridgehead atoms. The maximum Gasteiger partial charge on any atom is 0.142 e. The number of hydrogen-bond acceptors (Lipinski definition) is 2. The van der Waals surface area contributed by atoms with Crippen LogP contribution in [0.15, 0.2) is 60.1 Å². The zero-order valence-corrected chi connectivity index (χ0v) is 10.9. The van der Waals surface area contributed by atoms with Gasteiger partial charge in [0.05, 0.1) is 23.4 Å². The van der Waals surface area contributed by atoms with Gasteiger partial charge in [-0.3, -0.25) is 0 Å². The smallest absolute Gasteiger partial charge is 0.142 e. The first-order chi connectivity index (χ1) is 8.90. The molecule has 0 atom stereocenters. The lowest BCUT2D eigenvalue weighted by Gasteiger charge is -2.12. The summed E-state index contributed by atoms with van der Waals surface area (Å²) in [5, 5.41) is 2.09. The molecule has 0 aliphatic rings. The first-order valence-electron chi connectivity index (χ1n) is 5.75. The topological polar surface area (TPSA) is 14.2 Å². The fourth-order valence-electron chi connectivity index (χ4n) is 2.04. The fourth-order valence-corrected chi connectivity index (χ4v) is 2.79. The van der Waals surface area contributed by atoms with Crippen molar-refractivity contribution in [2.24, 2.45) is 0 Å². The molecular formula is C15H13NOS. The van der Waals surface area contributed by atoms with E-state index >= 15 is 0 Å². The second-order valence-corrected chi connectivity index (χ2v) is 4.86. The Morgan fingerprint density at radius 3 is 2.67 bits per heavy atom. The lowest BCUT2D eigenvalue weighted by molar-refractivity contribution is 0.413. The minimum absolute atomic E-state index is 0.881. The number of hydrogen-bond donors (Lipinski definition) is 0. The summed E-state index contributed by atoms with van der Waals surface area (Å²) in [6.45, 7) is 0. The van der Waals surface area contributed by atoms with Gasteiger partial charge in [0.1, 0.15) is 5.75 Å². The van der Waals surface area contributed by atoms with Crippen LogP contribution in [-0.2, 0) is 0 Å². The SMILES string of the molecule is COc1ccccc1-n1cccc1-c1cccs1. The fraction of sp³-hybridized carbons (Fsp3) is 0.0667. The minimum Gasteiger partial charge on any atom is -0.495 e. The van der Waals surface area contributed by atoms with Crippen molar-refractivity contribution >= 4 is 11.3 Å². The molecule has 0 unspecified atom stereocenters. The van der Waals surface area contributed by atoms with Crippen molar-refractivity contribution in [3.63, 3.8) is 0 Å². The van der Waals surface area contributed by atoms with E-state index in [0.29, 0.717) is 0 Å². The van der Waals surface area contributed by atoms with E-state index in [9.17, 15) is 0 Å². The van der Waals surface area contributed by atoms with Crippen molar-refractivity contribution in [1.82, 2.24) is 4.57 Å². The molecule has 0 N–H and O–H groups in total. The third-order valence-corrected chi connectivity index (χ3v) is 3.76. The first kappa shape index (κ1) is 11.1. The monoisotopic (exact) mass is 255 g/mol.